The second-order valence-corrected chi connectivity index (χ2v) is 5.54. The molecule has 1 aliphatic rings. The van der Waals surface area contributed by atoms with Crippen LogP contribution in [0.3, 0.4) is 0 Å². The van der Waals surface area contributed by atoms with Crippen LogP contribution in [0.1, 0.15) is 36.9 Å². The highest BCUT2D eigenvalue weighted by Crippen LogP contribution is 2.24. The smallest absolute Gasteiger partial charge is 0.315 e. The predicted octanol–water partition coefficient (Wildman–Crippen LogP) is 1.17. The lowest BCUT2D eigenvalue weighted by atomic mass is 9.84. The SMILES string of the molecule is Cc1c(CNC(=O)NC2CCCCC2C(=O)O)cnn1C. The summed E-state index contributed by atoms with van der Waals surface area (Å²) < 4.78 is 1.75. The highest BCUT2D eigenvalue weighted by atomic mass is 16.4. The van der Waals surface area contributed by atoms with E-state index in [9.17, 15) is 14.7 Å². The van der Waals surface area contributed by atoms with Crippen LogP contribution < -0.4 is 10.6 Å². The Bertz CT molecular complexity index is 526. The van der Waals surface area contributed by atoms with Crippen molar-refractivity contribution in [3.63, 3.8) is 0 Å². The van der Waals surface area contributed by atoms with Crippen molar-refractivity contribution in [1.82, 2.24) is 20.4 Å². The van der Waals surface area contributed by atoms with Gasteiger partial charge in [-0.15, -0.1) is 0 Å². The molecule has 1 heterocycles. The Balaban J connectivity index is 1.86. The van der Waals surface area contributed by atoms with Gasteiger partial charge in [-0.05, 0) is 19.8 Å². The van der Waals surface area contributed by atoms with Gasteiger partial charge in [0.2, 0.25) is 0 Å². The highest BCUT2D eigenvalue weighted by molar-refractivity contribution is 5.76. The molecule has 3 N–H and O–H groups in total. The fourth-order valence-electron chi connectivity index (χ4n) is 2.71. The van der Waals surface area contributed by atoms with Crippen molar-refractivity contribution in [3.8, 4) is 0 Å². The number of hydrogen-bond donors (Lipinski definition) is 3. The summed E-state index contributed by atoms with van der Waals surface area (Å²) in [4.78, 5) is 23.1. The van der Waals surface area contributed by atoms with Crippen molar-refractivity contribution in [1.29, 1.82) is 0 Å². The van der Waals surface area contributed by atoms with Crippen LogP contribution in [0.2, 0.25) is 0 Å². The average molecular weight is 294 g/mol. The van der Waals surface area contributed by atoms with Gasteiger partial charge < -0.3 is 15.7 Å². The van der Waals surface area contributed by atoms with Gasteiger partial charge in [0.05, 0.1) is 12.1 Å². The summed E-state index contributed by atoms with van der Waals surface area (Å²) in [6, 6.07) is -0.609. The Morgan fingerprint density at radius 1 is 1.43 bits per heavy atom. The lowest BCUT2D eigenvalue weighted by Crippen LogP contribution is -2.48. The molecule has 7 heteroatoms. The van der Waals surface area contributed by atoms with Crippen molar-refractivity contribution in [2.75, 3.05) is 0 Å². The van der Waals surface area contributed by atoms with Gasteiger partial charge in [0.15, 0.2) is 0 Å². The minimum absolute atomic E-state index is 0.286. The molecule has 0 radical (unpaired) electrons. The van der Waals surface area contributed by atoms with E-state index in [4.69, 9.17) is 0 Å². The molecule has 1 aromatic rings. The van der Waals surface area contributed by atoms with Crippen molar-refractivity contribution in [2.45, 2.75) is 45.2 Å². The molecule has 0 spiro atoms. The van der Waals surface area contributed by atoms with Crippen molar-refractivity contribution >= 4 is 12.0 Å². The Labute approximate surface area is 123 Å². The maximum absolute atomic E-state index is 11.9. The summed E-state index contributed by atoms with van der Waals surface area (Å²) in [6.07, 6.45) is 4.93. The number of hydrogen-bond acceptors (Lipinski definition) is 3. The van der Waals surface area contributed by atoms with Crippen LogP contribution in [0.15, 0.2) is 6.20 Å². The standard InChI is InChI=1S/C14H22N4O3/c1-9-10(8-16-18(9)2)7-15-14(21)17-12-6-4-3-5-11(12)13(19)20/h8,11-12H,3-7H2,1-2H3,(H,19,20)(H2,15,17,21). The fraction of sp³-hybridized carbons (Fsp3) is 0.643. The number of carbonyl (C=O) groups is 2. The number of aromatic nitrogens is 2. The first-order valence-corrected chi connectivity index (χ1v) is 7.23. The van der Waals surface area contributed by atoms with Crippen LogP contribution in [0.4, 0.5) is 4.79 Å². The maximum Gasteiger partial charge on any atom is 0.315 e. The summed E-state index contributed by atoms with van der Waals surface area (Å²) in [7, 11) is 1.85. The number of amides is 2. The van der Waals surface area contributed by atoms with E-state index in [1.807, 2.05) is 14.0 Å². The van der Waals surface area contributed by atoms with Crippen molar-refractivity contribution < 1.29 is 14.7 Å². The molecule has 2 unspecified atom stereocenters. The number of nitrogens with one attached hydrogen (secondary N) is 2. The monoisotopic (exact) mass is 294 g/mol. The Kier molecular flexibility index (Phi) is 4.82. The number of aliphatic carboxylic acids is 1. The van der Waals surface area contributed by atoms with Gasteiger partial charge in [0, 0.05) is 30.9 Å². The molecule has 7 nitrogen and oxygen atoms in total. The first-order chi connectivity index (χ1) is 9.99. The van der Waals surface area contributed by atoms with Gasteiger partial charge in [0.1, 0.15) is 0 Å². The molecule has 116 valence electrons. The lowest BCUT2D eigenvalue weighted by molar-refractivity contribution is -0.143. The zero-order chi connectivity index (χ0) is 15.4. The molecule has 0 aliphatic heterocycles. The summed E-state index contributed by atoms with van der Waals surface area (Å²) in [5.74, 6) is -1.31. The van der Waals surface area contributed by atoms with Gasteiger partial charge in [-0.1, -0.05) is 12.8 Å². The normalized spacial score (nSPS) is 21.8. The molecule has 0 bridgehead atoms. The molecular weight excluding hydrogens is 272 g/mol. The van der Waals surface area contributed by atoms with Gasteiger partial charge in [0.25, 0.3) is 0 Å². The van der Waals surface area contributed by atoms with E-state index in [-0.39, 0.29) is 12.1 Å². The van der Waals surface area contributed by atoms with E-state index in [0.29, 0.717) is 13.0 Å². The number of carboxylic acids is 1. The van der Waals surface area contributed by atoms with Crippen LogP contribution in [0.25, 0.3) is 0 Å². The van der Waals surface area contributed by atoms with Crippen LogP contribution in [-0.4, -0.2) is 32.9 Å². The van der Waals surface area contributed by atoms with Crippen LogP contribution in [0, 0.1) is 12.8 Å². The summed E-state index contributed by atoms with van der Waals surface area (Å²) >= 11 is 0. The molecule has 1 saturated carbocycles. The quantitative estimate of drug-likeness (QED) is 0.776. The molecule has 0 saturated heterocycles. The van der Waals surface area contributed by atoms with E-state index in [1.54, 1.807) is 10.9 Å². The summed E-state index contributed by atoms with van der Waals surface area (Å²) in [5.41, 5.74) is 1.95. The number of carbonyl (C=O) groups excluding carboxylic acids is 1. The van der Waals surface area contributed by atoms with E-state index in [0.717, 1.165) is 30.5 Å². The number of aryl methyl sites for hydroxylation is 1. The van der Waals surface area contributed by atoms with Gasteiger partial charge in [-0.25, -0.2) is 4.79 Å². The second-order valence-electron chi connectivity index (χ2n) is 5.54. The third-order valence-corrected chi connectivity index (χ3v) is 4.18. The Morgan fingerprint density at radius 3 is 2.76 bits per heavy atom. The molecule has 2 atom stereocenters. The molecule has 2 amide bonds. The van der Waals surface area contributed by atoms with Gasteiger partial charge in [-0.2, -0.15) is 5.10 Å². The Hall–Kier alpha value is -2.05. The topological polar surface area (TPSA) is 96.2 Å². The summed E-state index contributed by atoms with van der Waals surface area (Å²) in [6.45, 7) is 2.32. The van der Waals surface area contributed by atoms with E-state index in [1.165, 1.54) is 0 Å². The van der Waals surface area contributed by atoms with E-state index >= 15 is 0 Å². The number of rotatable bonds is 4. The predicted molar refractivity (Wildman–Crippen MR) is 76.7 cm³/mol. The largest absolute Gasteiger partial charge is 0.481 e. The third-order valence-electron chi connectivity index (χ3n) is 4.18. The number of nitrogens with zero attached hydrogens (tertiary/aromatic N) is 2. The molecule has 1 aromatic heterocycles. The first-order valence-electron chi connectivity index (χ1n) is 7.23. The second kappa shape index (κ2) is 6.60. The molecule has 1 aliphatic carbocycles. The number of carboxylic acid groups (broad SMARTS) is 1. The van der Waals surface area contributed by atoms with Gasteiger partial charge in [-0.3, -0.25) is 9.48 Å². The molecular formula is C14H22N4O3. The Morgan fingerprint density at radius 2 is 2.14 bits per heavy atom. The van der Waals surface area contributed by atoms with E-state index < -0.39 is 11.9 Å². The minimum Gasteiger partial charge on any atom is -0.481 e. The molecule has 21 heavy (non-hydrogen) atoms. The van der Waals surface area contributed by atoms with Gasteiger partial charge >= 0.3 is 12.0 Å². The lowest BCUT2D eigenvalue weighted by Gasteiger charge is -2.29. The van der Waals surface area contributed by atoms with Crippen molar-refractivity contribution in [3.05, 3.63) is 17.5 Å². The van der Waals surface area contributed by atoms with Crippen LogP contribution in [-0.2, 0) is 18.4 Å². The molecule has 2 rings (SSSR count). The highest BCUT2D eigenvalue weighted by Gasteiger charge is 2.31. The zero-order valence-electron chi connectivity index (χ0n) is 12.4. The number of urea groups is 1. The minimum atomic E-state index is -0.830. The first kappa shape index (κ1) is 15.3. The zero-order valence-corrected chi connectivity index (χ0v) is 12.4. The third kappa shape index (κ3) is 3.74. The van der Waals surface area contributed by atoms with Crippen molar-refractivity contribution in [2.24, 2.45) is 13.0 Å². The average Bonchev–Trinajstić information content (AvgIpc) is 2.77. The summed E-state index contributed by atoms with van der Waals surface area (Å²) in [5, 5.41) is 18.9. The van der Waals surface area contributed by atoms with E-state index in [2.05, 4.69) is 15.7 Å². The van der Waals surface area contributed by atoms with Crippen LogP contribution >= 0.6 is 0 Å². The fourth-order valence-corrected chi connectivity index (χ4v) is 2.71. The van der Waals surface area contributed by atoms with Crippen LogP contribution in [0.5, 0.6) is 0 Å². The molecule has 1 fully saturated rings. The maximum atomic E-state index is 11.9. The molecule has 0 aromatic carbocycles.